The topological polar surface area (TPSA) is 67.6 Å². The third-order valence-electron chi connectivity index (χ3n) is 6.79. The molecule has 1 aromatic rings. The van der Waals surface area contributed by atoms with E-state index in [1.54, 1.807) is 0 Å². The molecule has 0 spiro atoms. The Labute approximate surface area is 169 Å². The maximum absolute atomic E-state index is 12.8. The number of hydrogen-bond donors (Lipinski definition) is 2. The molecule has 1 heterocycles. The van der Waals surface area contributed by atoms with E-state index >= 15 is 0 Å². The fourth-order valence-electron chi connectivity index (χ4n) is 5.69. The Bertz CT molecular complexity index is 653. The van der Waals surface area contributed by atoms with E-state index in [2.05, 4.69) is 36.2 Å². The number of nitrogens with two attached hydrogens (primary N) is 1. The van der Waals surface area contributed by atoms with Gasteiger partial charge in [-0.05, 0) is 69.1 Å². The zero-order valence-electron chi connectivity index (χ0n) is 17.3. The summed E-state index contributed by atoms with van der Waals surface area (Å²) in [6, 6.07) is 8.75. The summed E-state index contributed by atoms with van der Waals surface area (Å²) in [5, 5.41) is 3.35. The van der Waals surface area contributed by atoms with Crippen molar-refractivity contribution in [3.05, 3.63) is 35.4 Å². The molecule has 3 fully saturated rings. The van der Waals surface area contributed by atoms with Crippen LogP contribution in [0.5, 0.6) is 0 Å². The van der Waals surface area contributed by atoms with Gasteiger partial charge in [0.2, 0.25) is 0 Å². The number of benzene rings is 1. The lowest BCUT2D eigenvalue weighted by Gasteiger charge is -2.45. The molecule has 1 aromatic carbocycles. The van der Waals surface area contributed by atoms with Gasteiger partial charge in [-0.2, -0.15) is 0 Å². The van der Waals surface area contributed by atoms with Crippen molar-refractivity contribution in [2.75, 3.05) is 13.1 Å². The second-order valence-corrected chi connectivity index (χ2v) is 9.33. The van der Waals surface area contributed by atoms with Crippen molar-refractivity contribution in [2.45, 2.75) is 76.8 Å². The molecule has 2 aliphatic carbocycles. The molecule has 0 aromatic heterocycles. The minimum Gasteiger partial charge on any atom is -0.373 e. The van der Waals surface area contributed by atoms with Crippen LogP contribution in [0.25, 0.3) is 0 Å². The number of nitrogens with zero attached hydrogens (tertiary/aromatic N) is 1. The molecule has 28 heavy (non-hydrogen) atoms. The van der Waals surface area contributed by atoms with Gasteiger partial charge in [0, 0.05) is 37.3 Å². The number of amides is 1. The third kappa shape index (κ3) is 4.58. The van der Waals surface area contributed by atoms with Crippen molar-refractivity contribution in [3.63, 3.8) is 0 Å². The van der Waals surface area contributed by atoms with Crippen molar-refractivity contribution in [1.82, 2.24) is 10.2 Å². The van der Waals surface area contributed by atoms with Crippen LogP contribution in [-0.4, -0.2) is 48.2 Å². The summed E-state index contributed by atoms with van der Waals surface area (Å²) >= 11 is 0. The number of rotatable bonds is 4. The van der Waals surface area contributed by atoms with Crippen molar-refractivity contribution >= 4 is 5.91 Å². The van der Waals surface area contributed by atoms with Crippen molar-refractivity contribution < 1.29 is 9.53 Å². The highest BCUT2D eigenvalue weighted by Gasteiger charge is 2.39. The number of hydrogen-bond acceptors (Lipinski definition) is 4. The zero-order chi connectivity index (χ0) is 19.7. The van der Waals surface area contributed by atoms with Gasteiger partial charge in [0.05, 0.1) is 12.2 Å². The molecule has 1 amide bonds. The normalized spacial score (nSPS) is 36.1. The molecule has 2 bridgehead atoms. The van der Waals surface area contributed by atoms with Gasteiger partial charge in [0.25, 0.3) is 5.91 Å². The molecule has 5 nitrogen and oxygen atoms in total. The highest BCUT2D eigenvalue weighted by molar-refractivity contribution is 5.94. The van der Waals surface area contributed by atoms with Crippen LogP contribution in [0.15, 0.2) is 24.3 Å². The molecule has 4 atom stereocenters. The number of nitrogens with one attached hydrogen (secondary N) is 1. The molecule has 1 saturated heterocycles. The molecule has 1 aliphatic heterocycles. The van der Waals surface area contributed by atoms with Gasteiger partial charge in [-0.15, -0.1) is 0 Å². The van der Waals surface area contributed by atoms with Gasteiger partial charge in [-0.25, -0.2) is 0 Å². The Kier molecular flexibility index (Phi) is 6.04. The van der Waals surface area contributed by atoms with Crippen LogP contribution in [0.4, 0.5) is 0 Å². The molecule has 154 valence electrons. The molecule has 4 rings (SSSR count). The first-order chi connectivity index (χ1) is 13.5. The quantitative estimate of drug-likeness (QED) is 0.836. The van der Waals surface area contributed by atoms with Crippen LogP contribution < -0.4 is 11.1 Å². The third-order valence-corrected chi connectivity index (χ3v) is 6.79. The van der Waals surface area contributed by atoms with Crippen LogP contribution >= 0.6 is 0 Å². The van der Waals surface area contributed by atoms with Crippen molar-refractivity contribution in [3.8, 4) is 0 Å². The van der Waals surface area contributed by atoms with E-state index < -0.39 is 0 Å². The van der Waals surface area contributed by atoms with Crippen LogP contribution in [0, 0.1) is 11.8 Å². The van der Waals surface area contributed by atoms with Crippen LogP contribution in [0.2, 0.25) is 0 Å². The standard InChI is InChI=1S/C23H35N3O2/c1-15-12-26(13-16(2)28-15)14-17-6-8-18(9-7-17)23(27)25-22-19-4-3-5-20(22)11-21(24)10-19/h6-9,15-16,19-22H,3-5,10-14,24H2,1-2H3,(H,25,27). The van der Waals surface area contributed by atoms with E-state index in [1.165, 1.54) is 24.8 Å². The number of ether oxygens (including phenoxy) is 1. The van der Waals surface area contributed by atoms with Crippen LogP contribution in [0.1, 0.15) is 61.9 Å². The zero-order valence-corrected chi connectivity index (χ0v) is 17.3. The van der Waals surface area contributed by atoms with E-state index in [4.69, 9.17) is 10.5 Å². The van der Waals surface area contributed by atoms with Crippen LogP contribution in [-0.2, 0) is 11.3 Å². The Morgan fingerprint density at radius 3 is 2.32 bits per heavy atom. The Morgan fingerprint density at radius 1 is 1.11 bits per heavy atom. The van der Waals surface area contributed by atoms with Gasteiger partial charge < -0.3 is 15.8 Å². The first-order valence-electron chi connectivity index (χ1n) is 11.0. The average Bonchev–Trinajstić information content (AvgIpc) is 2.62. The van der Waals surface area contributed by atoms with E-state index in [-0.39, 0.29) is 18.1 Å². The van der Waals surface area contributed by atoms with E-state index in [1.807, 2.05) is 12.1 Å². The molecule has 0 radical (unpaired) electrons. The maximum Gasteiger partial charge on any atom is 0.251 e. The van der Waals surface area contributed by atoms with Gasteiger partial charge in [-0.1, -0.05) is 18.6 Å². The Morgan fingerprint density at radius 2 is 1.71 bits per heavy atom. The summed E-state index contributed by atoms with van der Waals surface area (Å²) in [6.07, 6.45) is 6.33. The number of carbonyl (C=O) groups excluding carboxylic acids is 1. The minimum absolute atomic E-state index is 0.0672. The van der Waals surface area contributed by atoms with Gasteiger partial charge in [0.15, 0.2) is 0 Å². The molecule has 3 aliphatic rings. The summed E-state index contributed by atoms with van der Waals surface area (Å²) < 4.78 is 5.81. The number of morpholine rings is 1. The molecule has 5 heteroatoms. The van der Waals surface area contributed by atoms with Crippen molar-refractivity contribution in [2.24, 2.45) is 17.6 Å². The first kappa shape index (κ1) is 19.9. The number of carbonyl (C=O) groups is 1. The van der Waals surface area contributed by atoms with Gasteiger partial charge >= 0.3 is 0 Å². The van der Waals surface area contributed by atoms with Gasteiger partial charge in [-0.3, -0.25) is 9.69 Å². The van der Waals surface area contributed by atoms with E-state index in [0.717, 1.165) is 38.0 Å². The highest BCUT2D eigenvalue weighted by Crippen LogP contribution is 2.39. The Hall–Kier alpha value is -1.43. The molecule has 2 saturated carbocycles. The summed E-state index contributed by atoms with van der Waals surface area (Å²) in [4.78, 5) is 15.3. The summed E-state index contributed by atoms with van der Waals surface area (Å²) in [5.41, 5.74) is 8.23. The minimum atomic E-state index is 0.0672. The second-order valence-electron chi connectivity index (χ2n) is 9.33. The van der Waals surface area contributed by atoms with E-state index in [0.29, 0.717) is 23.9 Å². The van der Waals surface area contributed by atoms with E-state index in [9.17, 15) is 4.79 Å². The first-order valence-corrected chi connectivity index (χ1v) is 11.0. The highest BCUT2D eigenvalue weighted by atomic mass is 16.5. The monoisotopic (exact) mass is 385 g/mol. The Balaban J connectivity index is 1.35. The predicted octanol–water partition coefficient (Wildman–Crippen LogP) is 2.93. The largest absolute Gasteiger partial charge is 0.373 e. The smallest absolute Gasteiger partial charge is 0.251 e. The van der Waals surface area contributed by atoms with Gasteiger partial charge in [0.1, 0.15) is 0 Å². The lowest BCUT2D eigenvalue weighted by molar-refractivity contribution is -0.0704. The maximum atomic E-state index is 12.8. The summed E-state index contributed by atoms with van der Waals surface area (Å²) in [6.45, 7) is 7.08. The predicted molar refractivity (Wildman–Crippen MR) is 111 cm³/mol. The summed E-state index contributed by atoms with van der Waals surface area (Å²) in [7, 11) is 0. The molecule has 3 N–H and O–H groups in total. The SMILES string of the molecule is CC1CN(Cc2ccc(C(=O)NC3C4CCCC3CC(N)C4)cc2)CC(C)O1. The lowest BCUT2D eigenvalue weighted by atomic mass is 9.67. The molecule has 4 unspecified atom stereocenters. The fourth-order valence-corrected chi connectivity index (χ4v) is 5.69. The van der Waals surface area contributed by atoms with Crippen molar-refractivity contribution in [1.29, 1.82) is 0 Å². The summed E-state index contributed by atoms with van der Waals surface area (Å²) in [5.74, 6) is 1.17. The fraction of sp³-hybridized carbons (Fsp3) is 0.696. The molecular weight excluding hydrogens is 350 g/mol. The molecular formula is C23H35N3O2. The number of fused-ring (bicyclic) bond motifs is 2. The lowest BCUT2D eigenvalue weighted by Crippen LogP contribution is -2.53. The van der Waals surface area contributed by atoms with Crippen LogP contribution in [0.3, 0.4) is 0 Å². The average molecular weight is 386 g/mol. The second kappa shape index (κ2) is 8.52.